The fraction of sp³-hybridized carbons (Fsp3) is 0.500. The molecule has 1 aromatic carbocycles. The summed E-state index contributed by atoms with van der Waals surface area (Å²) >= 11 is 0. The lowest BCUT2D eigenvalue weighted by molar-refractivity contribution is 0.592. The highest BCUT2D eigenvalue weighted by Crippen LogP contribution is 2.32. The third kappa shape index (κ3) is 3.27. The van der Waals surface area contributed by atoms with E-state index in [0.29, 0.717) is 0 Å². The number of rotatable bonds is 1. The first-order valence-electron chi connectivity index (χ1n) is 6.36. The molecule has 0 aliphatic heterocycles. The summed E-state index contributed by atoms with van der Waals surface area (Å²) < 4.78 is 0. The third-order valence-corrected chi connectivity index (χ3v) is 3.18. The molecule has 1 aliphatic rings. The van der Waals surface area contributed by atoms with Gasteiger partial charge in [-0.05, 0) is 47.9 Å². The number of hydrogen-bond acceptors (Lipinski definition) is 1. The summed E-state index contributed by atoms with van der Waals surface area (Å²) in [5, 5.41) is 0. The smallest absolute Gasteiger partial charge is 0.0352 e. The Labute approximate surface area is 104 Å². The maximum Gasteiger partial charge on any atom is 0.0352 e. The van der Waals surface area contributed by atoms with Gasteiger partial charge in [0.15, 0.2) is 0 Å². The second kappa shape index (κ2) is 4.45. The minimum Gasteiger partial charge on any atom is -0.398 e. The molecule has 1 nitrogen and oxygen atoms in total. The van der Waals surface area contributed by atoms with Crippen LogP contribution in [0.5, 0.6) is 0 Å². The zero-order valence-corrected chi connectivity index (χ0v) is 11.0. The monoisotopic (exact) mass is 227 g/mol. The van der Waals surface area contributed by atoms with Crippen LogP contribution in [0, 0.1) is 17.8 Å². The first kappa shape index (κ1) is 12.0. The van der Waals surface area contributed by atoms with Crippen molar-refractivity contribution < 1.29 is 0 Å². The molecule has 1 saturated carbocycles. The number of benzene rings is 1. The molecule has 0 saturated heterocycles. The van der Waals surface area contributed by atoms with E-state index in [1.165, 1.54) is 18.4 Å². The van der Waals surface area contributed by atoms with Gasteiger partial charge < -0.3 is 5.73 Å². The topological polar surface area (TPSA) is 26.0 Å². The lowest BCUT2D eigenvalue weighted by atomic mass is 9.85. The van der Waals surface area contributed by atoms with E-state index in [2.05, 4.69) is 38.7 Å². The van der Waals surface area contributed by atoms with Crippen LogP contribution in [0.3, 0.4) is 0 Å². The van der Waals surface area contributed by atoms with Crippen LogP contribution in [-0.2, 0) is 5.41 Å². The minimum atomic E-state index is 0.0816. The van der Waals surface area contributed by atoms with E-state index in [9.17, 15) is 0 Å². The quantitative estimate of drug-likeness (QED) is 0.574. The highest BCUT2D eigenvalue weighted by molar-refractivity contribution is 5.54. The average Bonchev–Trinajstić information content (AvgIpc) is 3.03. The summed E-state index contributed by atoms with van der Waals surface area (Å²) in [5.74, 6) is 7.39. The Morgan fingerprint density at radius 3 is 2.59 bits per heavy atom. The number of nitrogen functional groups attached to an aromatic ring is 1. The first-order chi connectivity index (χ1) is 7.97. The Bertz CT molecular complexity index is 465. The molecule has 0 radical (unpaired) electrons. The van der Waals surface area contributed by atoms with E-state index in [0.717, 1.165) is 23.6 Å². The van der Waals surface area contributed by atoms with Gasteiger partial charge in [-0.25, -0.2) is 0 Å². The van der Waals surface area contributed by atoms with Crippen LogP contribution in [0.4, 0.5) is 5.69 Å². The molecule has 1 aliphatic carbocycles. The number of anilines is 1. The molecule has 0 bridgehead atoms. The van der Waals surface area contributed by atoms with Crippen molar-refractivity contribution in [3.05, 3.63) is 29.3 Å². The summed E-state index contributed by atoms with van der Waals surface area (Å²) in [6.45, 7) is 6.54. The maximum absolute atomic E-state index is 6.01. The fourth-order valence-electron chi connectivity index (χ4n) is 1.90. The fourth-order valence-corrected chi connectivity index (χ4v) is 1.90. The predicted molar refractivity (Wildman–Crippen MR) is 73.8 cm³/mol. The summed E-state index contributed by atoms with van der Waals surface area (Å²) in [5.41, 5.74) is 9.24. The van der Waals surface area contributed by atoms with Gasteiger partial charge in [-0.1, -0.05) is 32.6 Å². The largest absolute Gasteiger partial charge is 0.398 e. The Kier molecular flexibility index (Phi) is 3.15. The Hall–Kier alpha value is -1.42. The van der Waals surface area contributed by atoms with Crippen molar-refractivity contribution in [1.29, 1.82) is 0 Å². The molecule has 17 heavy (non-hydrogen) atoms. The van der Waals surface area contributed by atoms with Crippen LogP contribution >= 0.6 is 0 Å². The second-order valence-electron chi connectivity index (χ2n) is 6.00. The normalized spacial score (nSPS) is 15.2. The van der Waals surface area contributed by atoms with Crippen molar-refractivity contribution in [2.24, 2.45) is 5.92 Å². The molecule has 2 N–H and O–H groups in total. The SMILES string of the molecule is CC(C)(C)c1cc(C#CCC2CC2)ccc1N. The Morgan fingerprint density at radius 2 is 2.00 bits per heavy atom. The molecule has 0 atom stereocenters. The standard InChI is InChI=1S/C16H21N/c1-16(2,3)14-11-13(9-10-15(14)17)6-4-5-12-7-8-12/h9-12H,5,7-8,17H2,1-3H3. The summed E-state index contributed by atoms with van der Waals surface area (Å²) in [7, 11) is 0. The molecular formula is C16H21N. The predicted octanol–water partition coefficient (Wildman–Crippen LogP) is 3.72. The summed E-state index contributed by atoms with van der Waals surface area (Å²) in [6, 6.07) is 6.13. The molecule has 1 aromatic rings. The molecule has 1 fully saturated rings. The Morgan fingerprint density at radius 1 is 1.29 bits per heavy atom. The average molecular weight is 227 g/mol. The molecule has 1 heteroatoms. The van der Waals surface area contributed by atoms with Crippen LogP contribution in [-0.4, -0.2) is 0 Å². The minimum absolute atomic E-state index is 0.0816. The molecule has 0 heterocycles. The third-order valence-electron chi connectivity index (χ3n) is 3.18. The van der Waals surface area contributed by atoms with Gasteiger partial charge >= 0.3 is 0 Å². The van der Waals surface area contributed by atoms with Crippen LogP contribution in [0.25, 0.3) is 0 Å². The van der Waals surface area contributed by atoms with Gasteiger partial charge in [0.05, 0.1) is 0 Å². The van der Waals surface area contributed by atoms with E-state index in [4.69, 9.17) is 5.73 Å². The second-order valence-corrected chi connectivity index (χ2v) is 6.00. The van der Waals surface area contributed by atoms with Gasteiger partial charge in [0.25, 0.3) is 0 Å². The van der Waals surface area contributed by atoms with Crippen LogP contribution < -0.4 is 5.73 Å². The molecule has 90 valence electrons. The lowest BCUT2D eigenvalue weighted by Gasteiger charge is -2.21. The van der Waals surface area contributed by atoms with Crippen molar-refractivity contribution in [1.82, 2.24) is 0 Å². The van der Waals surface area contributed by atoms with Crippen molar-refractivity contribution in [3.63, 3.8) is 0 Å². The van der Waals surface area contributed by atoms with E-state index in [-0.39, 0.29) is 5.41 Å². The Balaban J connectivity index is 2.19. The summed E-state index contributed by atoms with van der Waals surface area (Å²) in [6.07, 6.45) is 3.78. The van der Waals surface area contributed by atoms with E-state index < -0.39 is 0 Å². The van der Waals surface area contributed by atoms with Gasteiger partial charge in [0.1, 0.15) is 0 Å². The molecule has 0 unspecified atom stereocenters. The molecular weight excluding hydrogens is 206 g/mol. The van der Waals surface area contributed by atoms with E-state index >= 15 is 0 Å². The van der Waals surface area contributed by atoms with Crippen LogP contribution in [0.15, 0.2) is 18.2 Å². The lowest BCUT2D eigenvalue weighted by Crippen LogP contribution is -2.14. The molecule has 0 amide bonds. The highest BCUT2D eigenvalue weighted by atomic mass is 14.6. The van der Waals surface area contributed by atoms with E-state index in [1.807, 2.05) is 12.1 Å². The summed E-state index contributed by atoms with van der Waals surface area (Å²) in [4.78, 5) is 0. The van der Waals surface area contributed by atoms with Crippen molar-refractivity contribution in [2.75, 3.05) is 5.73 Å². The van der Waals surface area contributed by atoms with Gasteiger partial charge in [-0.2, -0.15) is 0 Å². The van der Waals surface area contributed by atoms with Crippen molar-refractivity contribution in [2.45, 2.75) is 45.4 Å². The van der Waals surface area contributed by atoms with Crippen LogP contribution in [0.1, 0.15) is 51.2 Å². The number of nitrogens with two attached hydrogens (primary N) is 1. The zero-order chi connectivity index (χ0) is 12.5. The first-order valence-corrected chi connectivity index (χ1v) is 6.36. The van der Waals surface area contributed by atoms with Crippen LogP contribution in [0.2, 0.25) is 0 Å². The number of hydrogen-bond donors (Lipinski definition) is 1. The molecule has 2 rings (SSSR count). The van der Waals surface area contributed by atoms with Gasteiger partial charge in [0, 0.05) is 17.7 Å². The van der Waals surface area contributed by atoms with Gasteiger partial charge in [-0.15, -0.1) is 0 Å². The van der Waals surface area contributed by atoms with E-state index in [1.54, 1.807) is 0 Å². The zero-order valence-electron chi connectivity index (χ0n) is 11.0. The van der Waals surface area contributed by atoms with Crippen molar-refractivity contribution in [3.8, 4) is 11.8 Å². The van der Waals surface area contributed by atoms with Crippen molar-refractivity contribution >= 4 is 5.69 Å². The molecule has 0 aromatic heterocycles. The van der Waals surface area contributed by atoms with Gasteiger partial charge in [-0.3, -0.25) is 0 Å². The molecule has 0 spiro atoms. The maximum atomic E-state index is 6.01. The highest BCUT2D eigenvalue weighted by Gasteiger charge is 2.19. The van der Waals surface area contributed by atoms with Gasteiger partial charge in [0.2, 0.25) is 0 Å².